The predicted molar refractivity (Wildman–Crippen MR) is 127 cm³/mol. The third kappa shape index (κ3) is 3.02. The van der Waals surface area contributed by atoms with E-state index in [2.05, 4.69) is 28.6 Å². The van der Waals surface area contributed by atoms with Gasteiger partial charge in [0.25, 0.3) is 5.56 Å². The molecule has 0 unspecified atom stereocenters. The van der Waals surface area contributed by atoms with E-state index < -0.39 is 5.97 Å². The summed E-state index contributed by atoms with van der Waals surface area (Å²) in [4.78, 5) is 29.1. The molecule has 8 heteroatoms. The van der Waals surface area contributed by atoms with Crippen molar-refractivity contribution < 1.29 is 19.4 Å². The normalized spacial score (nSPS) is 15.3. The molecule has 8 nitrogen and oxygen atoms in total. The van der Waals surface area contributed by atoms with Gasteiger partial charge in [-0.25, -0.2) is 9.78 Å². The highest BCUT2D eigenvalue weighted by Gasteiger charge is 2.23. The predicted octanol–water partition coefficient (Wildman–Crippen LogP) is 4.18. The molecule has 0 radical (unpaired) electrons. The van der Waals surface area contributed by atoms with Crippen molar-refractivity contribution in [2.75, 3.05) is 6.79 Å². The van der Waals surface area contributed by atoms with Crippen molar-refractivity contribution in [1.82, 2.24) is 14.1 Å². The van der Waals surface area contributed by atoms with Crippen LogP contribution in [0.2, 0.25) is 0 Å². The van der Waals surface area contributed by atoms with E-state index in [1.807, 2.05) is 25.1 Å². The fourth-order valence-corrected chi connectivity index (χ4v) is 4.83. The molecular weight excluding hydrogens is 434 g/mol. The molecule has 1 N–H and O–H groups in total. The van der Waals surface area contributed by atoms with Crippen LogP contribution < -0.4 is 15.0 Å². The number of aromatic nitrogens is 3. The minimum absolute atomic E-state index is 0.111. The first-order valence-electron chi connectivity index (χ1n) is 11.0. The van der Waals surface area contributed by atoms with E-state index in [9.17, 15) is 14.7 Å². The van der Waals surface area contributed by atoms with Gasteiger partial charge in [0.15, 0.2) is 11.5 Å². The Kier molecular flexibility index (Phi) is 4.38. The number of carboxylic acids is 1. The Labute approximate surface area is 194 Å². The maximum Gasteiger partial charge on any atom is 0.335 e. The third-order valence-electron chi connectivity index (χ3n) is 6.51. The van der Waals surface area contributed by atoms with Crippen LogP contribution in [0.15, 0.2) is 47.3 Å². The number of nitrogens with zero attached hydrogens (tertiary/aromatic N) is 3. The average Bonchev–Trinajstić information content (AvgIpc) is 3.51. The number of aryl methyl sites for hydroxylation is 1. The molecule has 2 aromatic carbocycles. The van der Waals surface area contributed by atoms with Gasteiger partial charge in [-0.1, -0.05) is 0 Å². The van der Waals surface area contributed by atoms with Gasteiger partial charge in [-0.05, 0) is 73.9 Å². The van der Waals surface area contributed by atoms with Crippen LogP contribution in [-0.4, -0.2) is 32.0 Å². The van der Waals surface area contributed by atoms with Gasteiger partial charge in [-0.3, -0.25) is 9.36 Å². The highest BCUT2D eigenvalue weighted by atomic mass is 16.7. The number of fused-ring (bicyclic) bond motifs is 3. The molecule has 2 aromatic heterocycles. The number of hydrogen-bond acceptors (Lipinski definition) is 5. The van der Waals surface area contributed by atoms with Gasteiger partial charge in [0.05, 0.1) is 16.5 Å². The first-order valence-corrected chi connectivity index (χ1v) is 11.0. The fraction of sp³-hybridized carbons (Fsp3) is 0.192. The summed E-state index contributed by atoms with van der Waals surface area (Å²) in [6.07, 6.45) is 2.75. The summed E-state index contributed by atoms with van der Waals surface area (Å²) in [6, 6.07) is 12.4. The number of hydrogen-bond donors (Lipinski definition) is 1. The largest absolute Gasteiger partial charge is 0.478 e. The van der Waals surface area contributed by atoms with E-state index in [1.54, 1.807) is 10.6 Å². The molecular formula is C26H21N3O5. The lowest BCUT2D eigenvalue weighted by molar-refractivity contribution is 0.0697. The number of allylic oxidation sites excluding steroid dienone is 1. The maximum absolute atomic E-state index is 13.0. The molecule has 170 valence electrons. The van der Waals surface area contributed by atoms with Gasteiger partial charge < -0.3 is 19.1 Å². The van der Waals surface area contributed by atoms with Gasteiger partial charge in [-0.2, -0.15) is 0 Å². The summed E-state index contributed by atoms with van der Waals surface area (Å²) >= 11 is 0. The number of carbonyl (C=O) groups is 1. The van der Waals surface area contributed by atoms with E-state index in [0.717, 1.165) is 39.7 Å². The van der Waals surface area contributed by atoms with Gasteiger partial charge in [0, 0.05) is 29.7 Å². The number of rotatable bonds is 3. The topological polar surface area (TPSA) is 95.6 Å². The molecule has 0 amide bonds. The zero-order valence-corrected chi connectivity index (χ0v) is 18.7. The highest BCUT2D eigenvalue weighted by molar-refractivity contribution is 5.93. The molecule has 4 aromatic rings. The maximum atomic E-state index is 13.0. The molecule has 0 spiro atoms. The monoisotopic (exact) mass is 455 g/mol. The van der Waals surface area contributed by atoms with E-state index in [-0.39, 0.29) is 17.9 Å². The summed E-state index contributed by atoms with van der Waals surface area (Å²) < 4.78 is 14.8. The molecule has 0 fully saturated rings. The molecule has 34 heavy (non-hydrogen) atoms. The Hall–Kier alpha value is -4.33. The number of ether oxygens (including phenoxy) is 2. The molecule has 0 aliphatic carbocycles. The van der Waals surface area contributed by atoms with Crippen LogP contribution >= 0.6 is 0 Å². The number of benzene rings is 2. The minimum atomic E-state index is -1.05. The summed E-state index contributed by atoms with van der Waals surface area (Å²) in [5.41, 5.74) is 5.45. The number of carboxylic acid groups (broad SMARTS) is 1. The minimum Gasteiger partial charge on any atom is -0.478 e. The standard InChI is InChI=1S/C26H21N3O5/c1-14-9-18(15(2)29(14)19-4-6-22-23(12-19)34-13-33-22)10-16-7-8-28-24(16)27-21-11-17(26(31)32)3-5-20(21)25(28)30/h3-6,9-12H,7-8,13H2,1-2H3,(H,31,32)/b16-10+. The summed E-state index contributed by atoms with van der Waals surface area (Å²) in [5.74, 6) is 1.01. The second kappa shape index (κ2) is 7.34. The second-order valence-corrected chi connectivity index (χ2v) is 8.55. The quantitative estimate of drug-likeness (QED) is 0.498. The molecule has 2 aliphatic rings. The molecule has 2 aliphatic heterocycles. The SMILES string of the molecule is Cc1cc(/C=C2\CCn3c2nc2cc(C(=O)O)ccc2c3=O)c(C)n1-c1ccc2c(c1)OCO2. The molecule has 0 bridgehead atoms. The van der Waals surface area contributed by atoms with Crippen LogP contribution in [-0.2, 0) is 6.54 Å². The van der Waals surface area contributed by atoms with Crippen molar-refractivity contribution >= 4 is 28.5 Å². The van der Waals surface area contributed by atoms with E-state index >= 15 is 0 Å². The van der Waals surface area contributed by atoms with Crippen LogP contribution in [0.1, 0.15) is 39.6 Å². The molecule has 0 saturated heterocycles. The Balaban J connectivity index is 1.45. The lowest BCUT2D eigenvalue weighted by atomic mass is 10.1. The Morgan fingerprint density at radius 1 is 1.09 bits per heavy atom. The van der Waals surface area contributed by atoms with Crippen molar-refractivity contribution in [3.63, 3.8) is 0 Å². The van der Waals surface area contributed by atoms with Crippen LogP contribution in [0.4, 0.5) is 0 Å². The van der Waals surface area contributed by atoms with Gasteiger partial charge in [-0.15, -0.1) is 0 Å². The van der Waals surface area contributed by atoms with E-state index in [1.165, 1.54) is 12.1 Å². The average molecular weight is 455 g/mol. The van der Waals surface area contributed by atoms with Gasteiger partial charge >= 0.3 is 5.97 Å². The van der Waals surface area contributed by atoms with Gasteiger partial charge in [0.2, 0.25) is 6.79 Å². The van der Waals surface area contributed by atoms with Crippen molar-refractivity contribution in [3.8, 4) is 17.2 Å². The van der Waals surface area contributed by atoms with Crippen molar-refractivity contribution in [2.24, 2.45) is 0 Å². The van der Waals surface area contributed by atoms with E-state index in [4.69, 9.17) is 9.47 Å². The van der Waals surface area contributed by atoms with Crippen molar-refractivity contribution in [2.45, 2.75) is 26.8 Å². The second-order valence-electron chi connectivity index (χ2n) is 8.55. The van der Waals surface area contributed by atoms with E-state index in [0.29, 0.717) is 29.7 Å². The van der Waals surface area contributed by atoms with Gasteiger partial charge in [0.1, 0.15) is 5.82 Å². The fourth-order valence-electron chi connectivity index (χ4n) is 4.83. The van der Waals surface area contributed by atoms with Crippen molar-refractivity contribution in [3.05, 3.63) is 81.2 Å². The molecule has 4 heterocycles. The summed E-state index contributed by atoms with van der Waals surface area (Å²) in [6.45, 7) is 4.88. The lowest BCUT2D eigenvalue weighted by Gasteiger charge is -2.10. The zero-order chi connectivity index (χ0) is 23.6. The Morgan fingerprint density at radius 2 is 1.91 bits per heavy atom. The van der Waals surface area contributed by atoms with Crippen LogP contribution in [0.5, 0.6) is 11.5 Å². The highest BCUT2D eigenvalue weighted by Crippen LogP contribution is 2.36. The summed E-state index contributed by atoms with van der Waals surface area (Å²) in [5, 5.41) is 9.75. The number of aromatic carboxylic acids is 1. The first kappa shape index (κ1) is 20.3. The molecule has 0 atom stereocenters. The third-order valence-corrected chi connectivity index (χ3v) is 6.51. The smallest absolute Gasteiger partial charge is 0.335 e. The zero-order valence-electron chi connectivity index (χ0n) is 18.7. The Morgan fingerprint density at radius 3 is 2.74 bits per heavy atom. The van der Waals surface area contributed by atoms with Crippen molar-refractivity contribution in [1.29, 1.82) is 0 Å². The first-order chi connectivity index (χ1) is 16.4. The van der Waals surface area contributed by atoms with Crippen LogP contribution in [0.3, 0.4) is 0 Å². The Bertz CT molecular complexity index is 1610. The van der Waals surface area contributed by atoms with Crippen LogP contribution in [0.25, 0.3) is 28.2 Å². The molecule has 0 saturated carbocycles. The summed E-state index contributed by atoms with van der Waals surface area (Å²) in [7, 11) is 0. The molecule has 6 rings (SSSR count). The lowest BCUT2D eigenvalue weighted by Crippen LogP contribution is -2.21. The van der Waals surface area contributed by atoms with Crippen LogP contribution in [0, 0.1) is 13.8 Å².